The van der Waals surface area contributed by atoms with Crippen LogP contribution in [0.1, 0.15) is 15.9 Å². The van der Waals surface area contributed by atoms with Gasteiger partial charge in [-0.25, -0.2) is 0 Å². The van der Waals surface area contributed by atoms with Crippen LogP contribution in [0, 0.1) is 0 Å². The molecule has 0 radical (unpaired) electrons. The average Bonchev–Trinajstić information content (AvgIpc) is 3.21. The molecule has 2 aromatic carbocycles. The fraction of sp³-hybridized carbons (Fsp3) is 0.304. The Labute approximate surface area is 181 Å². The maximum atomic E-state index is 13.0. The first kappa shape index (κ1) is 20.6. The predicted octanol–water partition coefficient (Wildman–Crippen LogP) is 3.31. The summed E-state index contributed by atoms with van der Waals surface area (Å²) in [5, 5.41) is 8.44. The predicted molar refractivity (Wildman–Crippen MR) is 118 cm³/mol. The van der Waals surface area contributed by atoms with E-state index in [1.165, 1.54) is 0 Å². The van der Waals surface area contributed by atoms with Crippen LogP contribution in [0.2, 0.25) is 5.02 Å². The number of hydrogen-bond acceptors (Lipinski definition) is 4. The molecule has 1 fully saturated rings. The van der Waals surface area contributed by atoms with Gasteiger partial charge in [0.25, 0.3) is 5.91 Å². The van der Waals surface area contributed by atoms with Crippen LogP contribution in [-0.2, 0) is 11.3 Å². The van der Waals surface area contributed by atoms with E-state index in [4.69, 9.17) is 21.4 Å². The Morgan fingerprint density at radius 2 is 1.80 bits per heavy atom. The number of ether oxygens (including phenoxy) is 1. The molecule has 1 amide bonds. The van der Waals surface area contributed by atoms with Gasteiger partial charge in [0.05, 0.1) is 25.3 Å². The molecule has 1 N–H and O–H groups in total. The Morgan fingerprint density at radius 1 is 1.07 bits per heavy atom. The number of rotatable bonds is 7. The van der Waals surface area contributed by atoms with Gasteiger partial charge in [0.2, 0.25) is 0 Å². The van der Waals surface area contributed by atoms with Crippen molar-refractivity contribution in [3.05, 3.63) is 76.9 Å². The lowest BCUT2D eigenvalue weighted by Crippen LogP contribution is -2.41. The quantitative estimate of drug-likeness (QED) is 0.632. The first-order valence-corrected chi connectivity index (χ1v) is 10.5. The maximum Gasteiger partial charge on any atom is 0.255 e. The Kier molecular flexibility index (Phi) is 6.79. The molecule has 1 aromatic heterocycles. The molecule has 0 spiro atoms. The minimum atomic E-state index is -0.118. The number of nitrogens with one attached hydrogen (secondary N) is 1. The summed E-state index contributed by atoms with van der Waals surface area (Å²) >= 11 is 6.31. The topological polar surface area (TPSA) is 59.4 Å². The van der Waals surface area contributed by atoms with Gasteiger partial charge in [0.15, 0.2) is 0 Å². The van der Waals surface area contributed by atoms with Crippen molar-refractivity contribution >= 4 is 17.5 Å². The normalized spacial score (nSPS) is 14.6. The van der Waals surface area contributed by atoms with Crippen molar-refractivity contribution in [1.82, 2.24) is 20.0 Å². The molecule has 0 unspecified atom stereocenters. The smallest absolute Gasteiger partial charge is 0.255 e. The Hall–Kier alpha value is -2.67. The highest BCUT2D eigenvalue weighted by atomic mass is 35.5. The maximum absolute atomic E-state index is 13.0. The lowest BCUT2D eigenvalue weighted by molar-refractivity contribution is 0.0383. The molecule has 0 aliphatic carbocycles. The number of carbonyl (C=O) groups excluding carboxylic acids is 1. The highest BCUT2D eigenvalue weighted by molar-refractivity contribution is 6.31. The van der Waals surface area contributed by atoms with E-state index < -0.39 is 0 Å². The van der Waals surface area contributed by atoms with E-state index in [9.17, 15) is 4.79 Å². The van der Waals surface area contributed by atoms with Gasteiger partial charge in [-0.05, 0) is 11.6 Å². The van der Waals surface area contributed by atoms with Gasteiger partial charge in [0, 0.05) is 43.0 Å². The third-order valence-electron chi connectivity index (χ3n) is 5.16. The third kappa shape index (κ3) is 5.08. The molecule has 0 atom stereocenters. The third-order valence-corrected chi connectivity index (χ3v) is 5.53. The second-order valence-corrected chi connectivity index (χ2v) is 7.66. The summed E-state index contributed by atoms with van der Waals surface area (Å²) in [6, 6.07) is 17.4. The van der Waals surface area contributed by atoms with E-state index in [0.717, 1.165) is 44.0 Å². The molecule has 3 aromatic rings. The number of halogens is 1. The van der Waals surface area contributed by atoms with E-state index in [1.54, 1.807) is 10.9 Å². The van der Waals surface area contributed by atoms with E-state index in [1.807, 2.05) is 54.6 Å². The van der Waals surface area contributed by atoms with Gasteiger partial charge in [-0.3, -0.25) is 14.4 Å². The minimum Gasteiger partial charge on any atom is -0.379 e. The number of hydrogen-bond donors (Lipinski definition) is 1. The van der Waals surface area contributed by atoms with Gasteiger partial charge in [-0.1, -0.05) is 60.1 Å². The number of carbonyl (C=O) groups is 1. The van der Waals surface area contributed by atoms with Crippen LogP contribution < -0.4 is 5.32 Å². The number of nitrogens with zero attached hydrogens (tertiary/aromatic N) is 3. The number of benzene rings is 2. The van der Waals surface area contributed by atoms with E-state index in [2.05, 4.69) is 10.2 Å². The van der Waals surface area contributed by atoms with Crippen molar-refractivity contribution in [2.24, 2.45) is 0 Å². The van der Waals surface area contributed by atoms with Gasteiger partial charge >= 0.3 is 0 Å². The summed E-state index contributed by atoms with van der Waals surface area (Å²) in [5.41, 5.74) is 3.11. The molecular formula is C23H25ClN4O2. The fourth-order valence-corrected chi connectivity index (χ4v) is 3.72. The molecule has 2 heterocycles. The molecule has 0 bridgehead atoms. The summed E-state index contributed by atoms with van der Waals surface area (Å²) in [6.07, 6.45) is 1.80. The minimum absolute atomic E-state index is 0.118. The Balaban J connectivity index is 1.51. The summed E-state index contributed by atoms with van der Waals surface area (Å²) in [6.45, 7) is 5.20. The lowest BCUT2D eigenvalue weighted by atomic mass is 10.1. The van der Waals surface area contributed by atoms with Gasteiger partial charge in [-0.2, -0.15) is 5.10 Å². The van der Waals surface area contributed by atoms with Crippen LogP contribution >= 0.6 is 11.6 Å². The fourth-order valence-electron chi connectivity index (χ4n) is 3.53. The summed E-state index contributed by atoms with van der Waals surface area (Å²) in [5.74, 6) is -0.118. The largest absolute Gasteiger partial charge is 0.379 e. The monoisotopic (exact) mass is 424 g/mol. The first-order chi connectivity index (χ1) is 14.7. The van der Waals surface area contributed by atoms with Gasteiger partial charge in [-0.15, -0.1) is 0 Å². The van der Waals surface area contributed by atoms with Crippen molar-refractivity contribution in [3.63, 3.8) is 0 Å². The van der Waals surface area contributed by atoms with E-state index >= 15 is 0 Å². The molecule has 1 aliphatic heterocycles. The van der Waals surface area contributed by atoms with Crippen LogP contribution in [0.4, 0.5) is 0 Å². The average molecular weight is 425 g/mol. The first-order valence-electron chi connectivity index (χ1n) is 10.2. The summed E-state index contributed by atoms with van der Waals surface area (Å²) in [7, 11) is 0. The number of morpholine rings is 1. The molecule has 6 nitrogen and oxygen atoms in total. The van der Waals surface area contributed by atoms with Crippen molar-refractivity contribution in [1.29, 1.82) is 0 Å². The molecule has 0 saturated carbocycles. The molecule has 7 heteroatoms. The SMILES string of the molecule is O=C(NCCN1CCOCC1)c1cn(Cc2ccccc2Cl)nc1-c1ccccc1. The van der Waals surface area contributed by atoms with Gasteiger partial charge in [0.1, 0.15) is 5.69 Å². The van der Waals surface area contributed by atoms with Crippen molar-refractivity contribution in [2.75, 3.05) is 39.4 Å². The zero-order valence-electron chi connectivity index (χ0n) is 16.8. The van der Waals surface area contributed by atoms with Crippen molar-refractivity contribution in [2.45, 2.75) is 6.54 Å². The van der Waals surface area contributed by atoms with E-state index in [-0.39, 0.29) is 5.91 Å². The zero-order valence-corrected chi connectivity index (χ0v) is 17.5. The number of amides is 1. The second kappa shape index (κ2) is 9.89. The van der Waals surface area contributed by atoms with Crippen LogP contribution in [0.15, 0.2) is 60.8 Å². The molecule has 1 saturated heterocycles. The standard InChI is InChI=1S/C23H25ClN4O2/c24-21-9-5-4-8-19(21)16-28-17-20(22(26-28)18-6-2-1-3-7-18)23(29)25-10-11-27-12-14-30-15-13-27/h1-9,17H,10-16H2,(H,25,29). The van der Waals surface area contributed by atoms with Gasteiger partial charge < -0.3 is 10.1 Å². The highest BCUT2D eigenvalue weighted by Crippen LogP contribution is 2.23. The van der Waals surface area contributed by atoms with Crippen LogP contribution in [0.3, 0.4) is 0 Å². The molecule has 1 aliphatic rings. The van der Waals surface area contributed by atoms with Crippen molar-refractivity contribution in [3.8, 4) is 11.3 Å². The van der Waals surface area contributed by atoms with Crippen molar-refractivity contribution < 1.29 is 9.53 Å². The van der Waals surface area contributed by atoms with Crippen LogP contribution in [-0.4, -0.2) is 60.0 Å². The molecule has 30 heavy (non-hydrogen) atoms. The van der Waals surface area contributed by atoms with Crippen LogP contribution in [0.25, 0.3) is 11.3 Å². The zero-order chi connectivity index (χ0) is 20.8. The molecule has 156 valence electrons. The molecular weight excluding hydrogens is 400 g/mol. The Morgan fingerprint density at radius 3 is 2.57 bits per heavy atom. The lowest BCUT2D eigenvalue weighted by Gasteiger charge is -2.26. The molecule has 4 rings (SSSR count). The highest BCUT2D eigenvalue weighted by Gasteiger charge is 2.19. The second-order valence-electron chi connectivity index (χ2n) is 7.26. The van der Waals surface area contributed by atoms with Crippen LogP contribution in [0.5, 0.6) is 0 Å². The summed E-state index contributed by atoms with van der Waals surface area (Å²) in [4.78, 5) is 15.3. The summed E-state index contributed by atoms with van der Waals surface area (Å²) < 4.78 is 7.15. The van der Waals surface area contributed by atoms with E-state index in [0.29, 0.717) is 29.4 Å². The Bertz CT molecular complexity index is 984. The number of aromatic nitrogens is 2.